The molecule has 2 aromatic carbocycles. The van der Waals surface area contributed by atoms with Crippen LogP contribution in [0.25, 0.3) is 11.0 Å². The summed E-state index contributed by atoms with van der Waals surface area (Å²) >= 11 is 0. The molecule has 0 saturated heterocycles. The molecule has 4 nitrogen and oxygen atoms in total. The number of nitrogens with two attached hydrogens (primary N) is 1. The summed E-state index contributed by atoms with van der Waals surface area (Å²) in [4.78, 5) is 7.47. The lowest BCUT2D eigenvalue weighted by atomic mass is 10.0. The Hall–Kier alpha value is -2.47. The number of ether oxygens (including phenoxy) is 1. The highest BCUT2D eigenvalue weighted by Crippen LogP contribution is 2.25. The van der Waals surface area contributed by atoms with E-state index < -0.39 is 17.7 Å². The highest BCUT2D eigenvalue weighted by Gasteiger charge is 2.18. The number of imidazole rings is 1. The summed E-state index contributed by atoms with van der Waals surface area (Å²) in [7, 11) is 1.29. The van der Waals surface area contributed by atoms with Crippen molar-refractivity contribution in [2.75, 3.05) is 7.11 Å². The molecule has 0 aliphatic carbocycles. The molecule has 0 amide bonds. The van der Waals surface area contributed by atoms with E-state index in [1.54, 1.807) is 0 Å². The number of para-hydroxylation sites is 2. The van der Waals surface area contributed by atoms with Crippen molar-refractivity contribution in [3.8, 4) is 5.75 Å². The van der Waals surface area contributed by atoms with Crippen molar-refractivity contribution >= 4 is 11.0 Å². The van der Waals surface area contributed by atoms with Crippen molar-refractivity contribution in [3.05, 3.63) is 59.4 Å². The highest BCUT2D eigenvalue weighted by molar-refractivity contribution is 5.74. The van der Waals surface area contributed by atoms with Crippen LogP contribution in [0.5, 0.6) is 5.75 Å². The van der Waals surface area contributed by atoms with E-state index in [1.165, 1.54) is 19.2 Å². The zero-order chi connectivity index (χ0) is 15.7. The average molecular weight is 303 g/mol. The molecular weight excluding hydrogens is 288 g/mol. The number of aromatic nitrogens is 2. The number of aromatic amines is 1. The maximum atomic E-state index is 14.0. The molecule has 3 aromatic rings. The lowest BCUT2D eigenvalue weighted by Crippen LogP contribution is -2.16. The topological polar surface area (TPSA) is 63.9 Å². The fraction of sp³-hybridized carbons (Fsp3) is 0.188. The van der Waals surface area contributed by atoms with Gasteiger partial charge in [-0.2, -0.15) is 4.39 Å². The van der Waals surface area contributed by atoms with Gasteiger partial charge < -0.3 is 15.5 Å². The fourth-order valence-corrected chi connectivity index (χ4v) is 2.37. The molecule has 0 aliphatic heterocycles. The van der Waals surface area contributed by atoms with Crippen molar-refractivity contribution in [3.63, 3.8) is 0 Å². The Morgan fingerprint density at radius 3 is 2.68 bits per heavy atom. The molecule has 114 valence electrons. The molecular formula is C16H15F2N3O. The summed E-state index contributed by atoms with van der Waals surface area (Å²) in [6.07, 6.45) is 0.132. The molecule has 0 bridgehead atoms. The van der Waals surface area contributed by atoms with Crippen molar-refractivity contribution < 1.29 is 13.5 Å². The molecule has 1 heterocycles. The highest BCUT2D eigenvalue weighted by atomic mass is 19.2. The first kappa shape index (κ1) is 14.5. The molecule has 3 N–H and O–H groups in total. The Labute approximate surface area is 125 Å². The van der Waals surface area contributed by atoms with Crippen LogP contribution in [0.15, 0.2) is 36.4 Å². The third-order valence-electron chi connectivity index (χ3n) is 3.55. The Morgan fingerprint density at radius 2 is 1.95 bits per heavy atom. The molecule has 0 saturated carbocycles. The Bertz CT molecular complexity index is 783. The van der Waals surface area contributed by atoms with Crippen molar-refractivity contribution in [2.24, 2.45) is 5.73 Å². The van der Waals surface area contributed by atoms with E-state index in [0.29, 0.717) is 5.82 Å². The van der Waals surface area contributed by atoms with Crippen LogP contribution in [0.4, 0.5) is 8.78 Å². The number of H-pyrrole nitrogens is 1. The molecule has 1 atom stereocenters. The van der Waals surface area contributed by atoms with Gasteiger partial charge in [0.05, 0.1) is 24.2 Å². The number of rotatable bonds is 4. The maximum Gasteiger partial charge on any atom is 0.200 e. The van der Waals surface area contributed by atoms with Gasteiger partial charge in [-0.15, -0.1) is 0 Å². The van der Waals surface area contributed by atoms with Crippen LogP contribution < -0.4 is 10.5 Å². The normalized spacial score (nSPS) is 12.5. The van der Waals surface area contributed by atoms with Crippen LogP contribution in [-0.4, -0.2) is 17.1 Å². The van der Waals surface area contributed by atoms with Crippen molar-refractivity contribution in [2.45, 2.75) is 12.5 Å². The molecule has 0 aliphatic rings. The summed E-state index contributed by atoms with van der Waals surface area (Å²) in [5, 5.41) is 0. The van der Waals surface area contributed by atoms with E-state index in [1.807, 2.05) is 24.3 Å². The predicted octanol–water partition coefficient (Wildman–Crippen LogP) is 3.09. The largest absolute Gasteiger partial charge is 0.494 e. The molecule has 3 rings (SSSR count). The minimum atomic E-state index is -1.00. The smallest absolute Gasteiger partial charge is 0.200 e. The summed E-state index contributed by atoms with van der Waals surface area (Å²) in [5.41, 5.74) is 7.89. The van der Waals surface area contributed by atoms with E-state index in [-0.39, 0.29) is 17.7 Å². The molecule has 0 fully saturated rings. The standard InChI is InChI=1S/C16H15F2N3O/c1-22-13-7-6-9(14(17)15(13)18)8-10(19)16-20-11-4-2-3-5-12(11)21-16/h2-7,10H,8,19H2,1H3,(H,20,21). The van der Waals surface area contributed by atoms with E-state index in [9.17, 15) is 8.78 Å². The zero-order valence-corrected chi connectivity index (χ0v) is 11.9. The van der Waals surface area contributed by atoms with Crippen molar-refractivity contribution in [1.29, 1.82) is 0 Å². The molecule has 6 heteroatoms. The van der Waals surface area contributed by atoms with Gasteiger partial charge in [0.2, 0.25) is 5.82 Å². The SMILES string of the molecule is COc1ccc(CC(N)c2nc3ccccc3[nH]2)c(F)c1F. The van der Waals surface area contributed by atoms with E-state index in [2.05, 4.69) is 9.97 Å². The zero-order valence-electron chi connectivity index (χ0n) is 11.9. The number of halogens is 2. The first-order valence-electron chi connectivity index (χ1n) is 6.81. The van der Waals surface area contributed by atoms with Gasteiger partial charge in [0, 0.05) is 0 Å². The van der Waals surface area contributed by atoms with E-state index in [0.717, 1.165) is 11.0 Å². The Balaban J connectivity index is 1.87. The van der Waals surface area contributed by atoms with Gasteiger partial charge in [-0.3, -0.25) is 0 Å². The Kier molecular flexibility index (Phi) is 3.77. The average Bonchev–Trinajstić information content (AvgIpc) is 2.96. The van der Waals surface area contributed by atoms with Gasteiger partial charge in [-0.1, -0.05) is 18.2 Å². The second kappa shape index (κ2) is 5.73. The first-order valence-corrected chi connectivity index (χ1v) is 6.81. The number of nitrogens with zero attached hydrogens (tertiary/aromatic N) is 1. The molecule has 22 heavy (non-hydrogen) atoms. The van der Waals surface area contributed by atoms with Gasteiger partial charge in [-0.05, 0) is 30.2 Å². The third kappa shape index (κ3) is 2.53. The molecule has 1 unspecified atom stereocenters. The minimum Gasteiger partial charge on any atom is -0.494 e. The predicted molar refractivity (Wildman–Crippen MR) is 79.6 cm³/mol. The van der Waals surface area contributed by atoms with Crippen molar-refractivity contribution in [1.82, 2.24) is 9.97 Å². The van der Waals surface area contributed by atoms with Gasteiger partial charge in [0.1, 0.15) is 5.82 Å². The van der Waals surface area contributed by atoms with Crippen LogP contribution in [0.1, 0.15) is 17.4 Å². The Morgan fingerprint density at radius 1 is 1.18 bits per heavy atom. The summed E-state index contributed by atoms with van der Waals surface area (Å²) < 4.78 is 32.5. The summed E-state index contributed by atoms with van der Waals surface area (Å²) in [6, 6.07) is 9.79. The second-order valence-corrected chi connectivity index (χ2v) is 5.00. The number of fused-ring (bicyclic) bond motifs is 1. The second-order valence-electron chi connectivity index (χ2n) is 5.00. The lowest BCUT2D eigenvalue weighted by Gasteiger charge is -2.11. The van der Waals surface area contributed by atoms with E-state index >= 15 is 0 Å². The number of hydrogen-bond donors (Lipinski definition) is 2. The van der Waals surface area contributed by atoms with Gasteiger partial charge in [0.15, 0.2) is 11.6 Å². The monoisotopic (exact) mass is 303 g/mol. The maximum absolute atomic E-state index is 14.0. The van der Waals surface area contributed by atoms with Gasteiger partial charge in [0.25, 0.3) is 0 Å². The van der Waals surface area contributed by atoms with Gasteiger partial charge >= 0.3 is 0 Å². The van der Waals surface area contributed by atoms with E-state index in [4.69, 9.17) is 10.5 Å². The number of hydrogen-bond acceptors (Lipinski definition) is 3. The molecule has 0 radical (unpaired) electrons. The number of methoxy groups -OCH3 is 1. The number of benzene rings is 2. The fourth-order valence-electron chi connectivity index (χ4n) is 2.37. The lowest BCUT2D eigenvalue weighted by molar-refractivity contribution is 0.369. The number of nitrogens with one attached hydrogen (secondary N) is 1. The van der Waals surface area contributed by atoms with Gasteiger partial charge in [-0.25, -0.2) is 9.37 Å². The summed E-state index contributed by atoms with van der Waals surface area (Å²) in [5.74, 6) is -1.53. The molecule has 0 spiro atoms. The first-order chi connectivity index (χ1) is 10.6. The quantitative estimate of drug-likeness (QED) is 0.778. The molecule has 1 aromatic heterocycles. The van der Waals surface area contributed by atoms with Crippen LogP contribution in [0, 0.1) is 11.6 Å². The van der Waals surface area contributed by atoms with Crippen LogP contribution >= 0.6 is 0 Å². The van der Waals surface area contributed by atoms with Crippen LogP contribution in [0.2, 0.25) is 0 Å². The minimum absolute atomic E-state index is 0.126. The van der Waals surface area contributed by atoms with Crippen LogP contribution in [0.3, 0.4) is 0 Å². The third-order valence-corrected chi connectivity index (χ3v) is 3.55. The van der Waals surface area contributed by atoms with Crippen LogP contribution in [-0.2, 0) is 6.42 Å². The summed E-state index contributed by atoms with van der Waals surface area (Å²) in [6.45, 7) is 0.